The van der Waals surface area contributed by atoms with E-state index in [0.717, 1.165) is 42.4 Å². The summed E-state index contributed by atoms with van der Waals surface area (Å²) in [6, 6.07) is 10.1. The standard InChI is InChI=1S/C41H53N3O11/c1-5-19-53-41-36(44(40(48)49-3)24-26-13-15-34-35(20-26)52-25-51-34)23-32(43-50-4)30-21-27(11-7-9-17-45)29(12-8-10-18-46)37(38(30)41)31-22-28(14-16-33(31)55-41)54-39(47)42-6-2/h5,13-16,20-22,27,29,36-38,45-46H,1,6-12,17-19,23-25H2,2-4H3,(H,42,47). The van der Waals surface area contributed by atoms with E-state index in [1.165, 1.54) is 14.2 Å². The van der Waals surface area contributed by atoms with Gasteiger partial charge in [0.15, 0.2) is 11.5 Å². The van der Waals surface area contributed by atoms with Gasteiger partial charge in [0.2, 0.25) is 12.6 Å². The molecule has 2 aromatic rings. The summed E-state index contributed by atoms with van der Waals surface area (Å²) < 4.78 is 36.5. The number of benzene rings is 2. The van der Waals surface area contributed by atoms with Crippen molar-refractivity contribution in [3.63, 3.8) is 0 Å². The number of aliphatic hydroxyl groups is 2. The molecule has 1 saturated carbocycles. The number of carbonyl (C=O) groups excluding carboxylic acids is 2. The summed E-state index contributed by atoms with van der Waals surface area (Å²) in [7, 11) is 2.84. The number of allylic oxidation sites excluding steroid dienone is 1. The second-order valence-corrected chi connectivity index (χ2v) is 14.2. The molecule has 2 heterocycles. The Morgan fingerprint density at radius 3 is 2.53 bits per heavy atom. The highest BCUT2D eigenvalue weighted by Crippen LogP contribution is 2.62. The zero-order chi connectivity index (χ0) is 39.0. The number of nitrogens with one attached hydrogen (secondary N) is 1. The molecule has 14 heteroatoms. The van der Waals surface area contributed by atoms with Gasteiger partial charge in [0.1, 0.15) is 24.7 Å². The molecule has 3 N–H and O–H groups in total. The van der Waals surface area contributed by atoms with Crippen LogP contribution in [0.3, 0.4) is 0 Å². The van der Waals surface area contributed by atoms with Gasteiger partial charge in [0.25, 0.3) is 0 Å². The highest BCUT2D eigenvalue weighted by Gasteiger charge is 2.65. The third kappa shape index (κ3) is 8.26. The third-order valence-electron chi connectivity index (χ3n) is 11.0. The summed E-state index contributed by atoms with van der Waals surface area (Å²) in [5, 5.41) is 26.9. The Morgan fingerprint density at radius 2 is 1.80 bits per heavy atom. The Bertz CT molecular complexity index is 1750. The van der Waals surface area contributed by atoms with Crippen molar-refractivity contribution in [1.82, 2.24) is 10.2 Å². The molecule has 2 aromatic carbocycles. The topological polar surface area (TPSA) is 167 Å². The molecule has 1 fully saturated rings. The maximum absolute atomic E-state index is 14.1. The monoisotopic (exact) mass is 763 g/mol. The number of nitrogens with zero attached hydrogens (tertiary/aromatic N) is 2. The Morgan fingerprint density at radius 1 is 1.04 bits per heavy atom. The zero-order valence-corrected chi connectivity index (χ0v) is 31.9. The summed E-state index contributed by atoms with van der Waals surface area (Å²) >= 11 is 0. The van der Waals surface area contributed by atoms with Crippen LogP contribution in [-0.4, -0.2) is 92.2 Å². The molecule has 6 rings (SSSR count). The summed E-state index contributed by atoms with van der Waals surface area (Å²) in [4.78, 5) is 33.8. The van der Waals surface area contributed by atoms with Gasteiger partial charge in [-0.2, -0.15) is 0 Å². The highest BCUT2D eigenvalue weighted by molar-refractivity contribution is 6.03. The Labute approximate surface area is 322 Å². The number of oxime groups is 1. The lowest BCUT2D eigenvalue weighted by atomic mass is 9.55. The Hall–Kier alpha value is -4.79. The average molecular weight is 764 g/mol. The summed E-state index contributed by atoms with van der Waals surface area (Å²) in [6.07, 6.45) is 7.34. The lowest BCUT2D eigenvalue weighted by molar-refractivity contribution is -0.256. The van der Waals surface area contributed by atoms with Gasteiger partial charge in [-0.25, -0.2) is 9.59 Å². The van der Waals surface area contributed by atoms with E-state index >= 15 is 0 Å². The molecule has 298 valence electrons. The normalized spacial score (nSPS) is 25.1. The molecule has 0 saturated heterocycles. The minimum absolute atomic E-state index is 0.00366. The molecule has 0 aromatic heterocycles. The SMILES string of the molecule is C=CCOC12Oc3ccc(OC(=O)NCC)cc3C3C(CCCCO)C(CCCCO)C=C(C(=NOC)CC1N(Cc1ccc4c(c1)OCO4)C(=O)OC)C32. The van der Waals surface area contributed by atoms with Gasteiger partial charge in [-0.3, -0.25) is 4.90 Å². The summed E-state index contributed by atoms with van der Waals surface area (Å²) in [5.74, 6) is -0.194. The minimum atomic E-state index is -1.48. The molecule has 2 amide bonds. The number of fused-ring (bicyclic) bond motifs is 3. The number of rotatable bonds is 17. The molecule has 2 aliphatic carbocycles. The first-order valence-electron chi connectivity index (χ1n) is 19.1. The van der Waals surface area contributed by atoms with Gasteiger partial charge >= 0.3 is 12.2 Å². The van der Waals surface area contributed by atoms with Crippen LogP contribution in [0.2, 0.25) is 0 Å². The number of unbranched alkanes of at least 4 members (excludes halogenated alkanes) is 2. The lowest BCUT2D eigenvalue weighted by Gasteiger charge is -2.59. The largest absolute Gasteiger partial charge is 0.459 e. The van der Waals surface area contributed by atoms with Crippen molar-refractivity contribution in [1.29, 1.82) is 0 Å². The predicted molar refractivity (Wildman–Crippen MR) is 202 cm³/mol. The van der Waals surface area contributed by atoms with Crippen LogP contribution >= 0.6 is 0 Å². The van der Waals surface area contributed by atoms with Gasteiger partial charge < -0.3 is 48.8 Å². The number of methoxy groups -OCH3 is 1. The molecule has 2 aliphatic heterocycles. The third-order valence-corrected chi connectivity index (χ3v) is 11.0. The van der Waals surface area contributed by atoms with E-state index in [9.17, 15) is 19.8 Å². The van der Waals surface area contributed by atoms with Crippen molar-refractivity contribution in [2.75, 3.05) is 47.4 Å². The molecule has 14 nitrogen and oxygen atoms in total. The molecular formula is C41H53N3O11. The summed E-state index contributed by atoms with van der Waals surface area (Å²) in [5.41, 5.74) is 3.12. The van der Waals surface area contributed by atoms with Crippen LogP contribution in [0.15, 0.2) is 65.9 Å². The van der Waals surface area contributed by atoms with E-state index in [4.69, 9.17) is 33.3 Å². The fourth-order valence-electron chi connectivity index (χ4n) is 8.76. The fourth-order valence-corrected chi connectivity index (χ4v) is 8.76. The second kappa shape index (κ2) is 18.2. The van der Waals surface area contributed by atoms with Crippen LogP contribution in [-0.2, 0) is 20.9 Å². The smallest absolute Gasteiger partial charge is 0.412 e. The maximum atomic E-state index is 14.1. The first-order valence-corrected chi connectivity index (χ1v) is 19.1. The van der Waals surface area contributed by atoms with Crippen LogP contribution < -0.4 is 24.3 Å². The van der Waals surface area contributed by atoms with E-state index < -0.39 is 29.9 Å². The van der Waals surface area contributed by atoms with Crippen LogP contribution in [0, 0.1) is 17.8 Å². The molecule has 0 bridgehead atoms. The van der Waals surface area contributed by atoms with E-state index in [-0.39, 0.29) is 57.3 Å². The molecule has 55 heavy (non-hydrogen) atoms. The number of hydrogen-bond acceptors (Lipinski definition) is 12. The van der Waals surface area contributed by atoms with Gasteiger partial charge in [-0.15, -0.1) is 6.58 Å². The average Bonchev–Trinajstić information content (AvgIpc) is 3.66. The minimum Gasteiger partial charge on any atom is -0.459 e. The molecule has 0 radical (unpaired) electrons. The van der Waals surface area contributed by atoms with Crippen molar-refractivity contribution >= 4 is 17.9 Å². The predicted octanol–water partition coefficient (Wildman–Crippen LogP) is 6.06. The van der Waals surface area contributed by atoms with Gasteiger partial charge in [-0.05, 0) is 85.9 Å². The number of aliphatic hydroxyl groups excluding tert-OH is 2. The van der Waals surface area contributed by atoms with Crippen LogP contribution in [0.25, 0.3) is 0 Å². The first kappa shape index (κ1) is 39.9. The fraction of sp³-hybridized carbons (Fsp3) is 0.537. The molecule has 0 spiro atoms. The second-order valence-electron chi connectivity index (χ2n) is 14.2. The van der Waals surface area contributed by atoms with Crippen molar-refractivity contribution in [3.05, 3.63) is 71.8 Å². The number of amides is 2. The quantitative estimate of drug-likeness (QED) is 0.0975. The zero-order valence-electron chi connectivity index (χ0n) is 31.9. The van der Waals surface area contributed by atoms with E-state index in [1.807, 2.05) is 31.2 Å². The lowest BCUT2D eigenvalue weighted by Crippen LogP contribution is -2.70. The number of hydrogen-bond donors (Lipinski definition) is 3. The van der Waals surface area contributed by atoms with Gasteiger partial charge in [-0.1, -0.05) is 36.2 Å². The van der Waals surface area contributed by atoms with Crippen molar-refractivity contribution < 1.29 is 53.1 Å². The van der Waals surface area contributed by atoms with Crippen LogP contribution in [0.1, 0.15) is 68.9 Å². The maximum Gasteiger partial charge on any atom is 0.412 e. The van der Waals surface area contributed by atoms with Crippen LogP contribution in [0.5, 0.6) is 23.0 Å². The van der Waals surface area contributed by atoms with Crippen molar-refractivity contribution in [3.8, 4) is 23.0 Å². The van der Waals surface area contributed by atoms with E-state index in [0.29, 0.717) is 48.1 Å². The molecular weight excluding hydrogens is 710 g/mol. The van der Waals surface area contributed by atoms with E-state index in [1.54, 1.807) is 23.1 Å². The molecule has 6 unspecified atom stereocenters. The van der Waals surface area contributed by atoms with E-state index in [2.05, 4.69) is 23.1 Å². The highest BCUT2D eigenvalue weighted by atomic mass is 16.7. The number of carbonyl (C=O) groups is 2. The first-order chi connectivity index (χ1) is 26.8. The van der Waals surface area contributed by atoms with Crippen molar-refractivity contribution in [2.45, 2.75) is 76.2 Å². The van der Waals surface area contributed by atoms with Crippen LogP contribution in [0.4, 0.5) is 9.59 Å². The van der Waals surface area contributed by atoms with Crippen molar-refractivity contribution in [2.24, 2.45) is 22.9 Å². The molecule has 4 aliphatic rings. The van der Waals surface area contributed by atoms with Gasteiger partial charge in [0, 0.05) is 44.2 Å². The number of ether oxygens (including phenoxy) is 6. The Balaban J connectivity index is 1.57. The Kier molecular flexibility index (Phi) is 13.2. The van der Waals surface area contributed by atoms with Gasteiger partial charge in [0.05, 0.1) is 25.3 Å². The summed E-state index contributed by atoms with van der Waals surface area (Å²) in [6.45, 7) is 6.67. The molecule has 6 atom stereocenters.